The van der Waals surface area contributed by atoms with Crippen molar-refractivity contribution < 1.29 is 0 Å². The van der Waals surface area contributed by atoms with Gasteiger partial charge in [0, 0.05) is 30.0 Å². The van der Waals surface area contributed by atoms with Gasteiger partial charge in [-0.05, 0) is 30.4 Å². The number of thiophene rings is 1. The van der Waals surface area contributed by atoms with E-state index in [-0.39, 0.29) is 0 Å². The molecule has 2 aromatic rings. The van der Waals surface area contributed by atoms with Crippen LogP contribution in [-0.4, -0.2) is 16.5 Å². The van der Waals surface area contributed by atoms with Gasteiger partial charge in [-0.3, -0.25) is 0 Å². The maximum absolute atomic E-state index is 6.00. The molecule has 0 unspecified atom stereocenters. The van der Waals surface area contributed by atoms with Crippen molar-refractivity contribution in [2.75, 3.05) is 17.2 Å². The molecule has 100 valence electrons. The van der Waals surface area contributed by atoms with Gasteiger partial charge in [0.15, 0.2) is 0 Å². The van der Waals surface area contributed by atoms with Gasteiger partial charge in [-0.25, -0.2) is 9.97 Å². The zero-order chi connectivity index (χ0) is 13.4. The summed E-state index contributed by atoms with van der Waals surface area (Å²) in [4.78, 5) is 12.8. The maximum atomic E-state index is 6.00. The van der Waals surface area contributed by atoms with E-state index in [2.05, 4.69) is 33.2 Å². The van der Waals surface area contributed by atoms with E-state index in [4.69, 9.17) is 5.73 Å². The highest BCUT2D eigenvalue weighted by atomic mass is 32.1. The summed E-state index contributed by atoms with van der Waals surface area (Å²) >= 11 is 1.85. The van der Waals surface area contributed by atoms with Gasteiger partial charge in [0.1, 0.15) is 17.5 Å². The molecule has 4 nitrogen and oxygen atoms in total. The normalized spacial score (nSPS) is 14.5. The number of nitrogens with zero attached hydrogens (tertiary/aromatic N) is 3. The molecule has 0 aromatic carbocycles. The first-order valence-electron chi connectivity index (χ1n) is 6.62. The van der Waals surface area contributed by atoms with Gasteiger partial charge in [-0.1, -0.05) is 6.92 Å². The lowest BCUT2D eigenvalue weighted by atomic mass is 10.1. The zero-order valence-corrected chi connectivity index (χ0v) is 12.1. The Morgan fingerprint density at radius 2 is 2.26 bits per heavy atom. The van der Waals surface area contributed by atoms with Crippen LogP contribution < -0.4 is 10.6 Å². The maximum Gasteiger partial charge on any atom is 0.137 e. The van der Waals surface area contributed by atoms with Crippen molar-refractivity contribution >= 4 is 23.0 Å². The molecule has 0 fully saturated rings. The molecular weight excluding hydrogens is 256 g/mol. The van der Waals surface area contributed by atoms with Crippen LogP contribution in [0.4, 0.5) is 11.6 Å². The summed E-state index contributed by atoms with van der Waals surface area (Å²) in [5, 5.41) is 2.17. The number of nitrogens with two attached hydrogens (primary N) is 1. The molecule has 0 atom stereocenters. The number of hydrogen-bond donors (Lipinski definition) is 1. The Kier molecular flexibility index (Phi) is 3.14. The third-order valence-corrected chi connectivity index (χ3v) is 4.65. The van der Waals surface area contributed by atoms with Crippen LogP contribution in [0.15, 0.2) is 11.4 Å². The van der Waals surface area contributed by atoms with E-state index in [0.717, 1.165) is 43.1 Å². The molecule has 5 heteroatoms. The van der Waals surface area contributed by atoms with Gasteiger partial charge >= 0.3 is 0 Å². The molecule has 0 radical (unpaired) electrons. The molecule has 0 aliphatic carbocycles. The lowest BCUT2D eigenvalue weighted by Crippen LogP contribution is -2.31. The van der Waals surface area contributed by atoms with Crippen LogP contribution in [0.2, 0.25) is 0 Å². The number of aryl methyl sites for hydroxylation is 1. The highest BCUT2D eigenvalue weighted by Gasteiger charge is 2.21. The summed E-state index contributed by atoms with van der Waals surface area (Å²) in [6, 6.07) is 2.22. The Balaban J connectivity index is 1.97. The SMILES string of the molecule is CCc1nc(N)c(C)c(N2CCc3sccc3C2)n1. The average molecular weight is 274 g/mol. The molecule has 0 bridgehead atoms. The molecule has 1 aliphatic rings. The number of rotatable bonds is 2. The first kappa shape index (κ1) is 12.4. The molecule has 1 aliphatic heterocycles. The van der Waals surface area contributed by atoms with Crippen molar-refractivity contribution in [3.05, 3.63) is 33.3 Å². The summed E-state index contributed by atoms with van der Waals surface area (Å²) in [6.45, 7) is 6.00. The molecular formula is C14H18N4S. The van der Waals surface area contributed by atoms with Crippen LogP contribution >= 0.6 is 11.3 Å². The Morgan fingerprint density at radius 1 is 1.42 bits per heavy atom. The molecule has 3 heterocycles. The minimum Gasteiger partial charge on any atom is -0.383 e. The van der Waals surface area contributed by atoms with Crippen LogP contribution in [0, 0.1) is 6.92 Å². The second kappa shape index (κ2) is 4.81. The van der Waals surface area contributed by atoms with Crippen LogP contribution in [0.25, 0.3) is 0 Å². The Hall–Kier alpha value is -1.62. The van der Waals surface area contributed by atoms with Crippen LogP contribution in [0.1, 0.15) is 28.8 Å². The highest BCUT2D eigenvalue weighted by Crippen LogP contribution is 2.29. The van der Waals surface area contributed by atoms with Crippen molar-refractivity contribution in [1.82, 2.24) is 9.97 Å². The van der Waals surface area contributed by atoms with Crippen molar-refractivity contribution in [1.29, 1.82) is 0 Å². The smallest absolute Gasteiger partial charge is 0.137 e. The Labute approximate surface area is 117 Å². The molecule has 19 heavy (non-hydrogen) atoms. The topological polar surface area (TPSA) is 55.0 Å². The number of hydrogen-bond acceptors (Lipinski definition) is 5. The number of nitrogen functional groups attached to an aromatic ring is 1. The lowest BCUT2D eigenvalue weighted by Gasteiger charge is -2.29. The molecule has 0 saturated heterocycles. The van der Waals surface area contributed by atoms with Crippen LogP contribution in [0.5, 0.6) is 0 Å². The van der Waals surface area contributed by atoms with Gasteiger partial charge in [-0.2, -0.15) is 0 Å². The highest BCUT2D eigenvalue weighted by molar-refractivity contribution is 7.10. The summed E-state index contributed by atoms with van der Waals surface area (Å²) in [5.74, 6) is 2.44. The summed E-state index contributed by atoms with van der Waals surface area (Å²) < 4.78 is 0. The van der Waals surface area contributed by atoms with E-state index in [1.54, 1.807) is 0 Å². The largest absolute Gasteiger partial charge is 0.383 e. The van der Waals surface area contributed by atoms with Crippen molar-refractivity contribution in [3.63, 3.8) is 0 Å². The monoisotopic (exact) mass is 274 g/mol. The summed E-state index contributed by atoms with van der Waals surface area (Å²) in [7, 11) is 0. The Morgan fingerprint density at radius 3 is 3.05 bits per heavy atom. The number of anilines is 2. The van der Waals surface area contributed by atoms with Crippen LogP contribution in [-0.2, 0) is 19.4 Å². The van der Waals surface area contributed by atoms with E-state index in [9.17, 15) is 0 Å². The predicted molar refractivity (Wildman–Crippen MR) is 79.6 cm³/mol. The Bertz CT molecular complexity index is 605. The third-order valence-electron chi connectivity index (χ3n) is 3.63. The second-order valence-electron chi connectivity index (χ2n) is 4.87. The molecule has 2 N–H and O–H groups in total. The van der Waals surface area contributed by atoms with Gasteiger partial charge < -0.3 is 10.6 Å². The van der Waals surface area contributed by atoms with Crippen LogP contribution in [0.3, 0.4) is 0 Å². The number of fused-ring (bicyclic) bond motifs is 1. The molecule has 0 spiro atoms. The average Bonchev–Trinajstić information content (AvgIpc) is 2.88. The summed E-state index contributed by atoms with van der Waals surface area (Å²) in [5.41, 5.74) is 8.42. The third kappa shape index (κ3) is 2.18. The number of aromatic nitrogens is 2. The van der Waals surface area contributed by atoms with Gasteiger partial charge in [0.05, 0.1) is 0 Å². The van der Waals surface area contributed by atoms with E-state index < -0.39 is 0 Å². The van der Waals surface area contributed by atoms with Gasteiger partial charge in [-0.15, -0.1) is 11.3 Å². The van der Waals surface area contributed by atoms with E-state index >= 15 is 0 Å². The van der Waals surface area contributed by atoms with E-state index in [1.165, 1.54) is 10.4 Å². The summed E-state index contributed by atoms with van der Waals surface area (Å²) in [6.07, 6.45) is 1.91. The molecule has 0 saturated carbocycles. The molecule has 0 amide bonds. The lowest BCUT2D eigenvalue weighted by molar-refractivity contribution is 0.722. The van der Waals surface area contributed by atoms with E-state index in [0.29, 0.717) is 5.82 Å². The fraction of sp³-hybridized carbons (Fsp3) is 0.429. The predicted octanol–water partition coefficient (Wildman–Crippen LogP) is 2.55. The first-order valence-corrected chi connectivity index (χ1v) is 7.50. The zero-order valence-electron chi connectivity index (χ0n) is 11.3. The quantitative estimate of drug-likeness (QED) is 0.914. The fourth-order valence-corrected chi connectivity index (χ4v) is 3.35. The molecule has 3 rings (SSSR count). The van der Waals surface area contributed by atoms with Gasteiger partial charge in [0.25, 0.3) is 0 Å². The first-order chi connectivity index (χ1) is 9.19. The van der Waals surface area contributed by atoms with Gasteiger partial charge in [0.2, 0.25) is 0 Å². The van der Waals surface area contributed by atoms with Crippen molar-refractivity contribution in [3.8, 4) is 0 Å². The van der Waals surface area contributed by atoms with Crippen molar-refractivity contribution in [2.45, 2.75) is 33.2 Å². The van der Waals surface area contributed by atoms with Crippen molar-refractivity contribution in [2.24, 2.45) is 0 Å². The fourth-order valence-electron chi connectivity index (χ4n) is 2.46. The second-order valence-corrected chi connectivity index (χ2v) is 5.87. The standard InChI is InChI=1S/C14H18N4S/c1-3-12-16-13(15)9(2)14(17-12)18-6-4-11-10(8-18)5-7-19-11/h5,7H,3-4,6,8H2,1-2H3,(H2,15,16,17). The molecule has 2 aromatic heterocycles. The minimum atomic E-state index is 0.609. The minimum absolute atomic E-state index is 0.609. The van der Waals surface area contributed by atoms with E-state index in [1.807, 2.05) is 18.3 Å².